The van der Waals surface area contributed by atoms with Crippen LogP contribution in [0, 0.1) is 11.3 Å². The predicted molar refractivity (Wildman–Crippen MR) is 61.1 cm³/mol. The maximum absolute atomic E-state index is 3.24. The molecule has 74 valence electrons. The zero-order chi connectivity index (χ0) is 10.2. The van der Waals surface area contributed by atoms with E-state index in [1.54, 1.807) is 0 Å². The van der Waals surface area contributed by atoms with Gasteiger partial charge in [0.05, 0.1) is 0 Å². The van der Waals surface area contributed by atoms with E-state index in [4.69, 9.17) is 0 Å². The van der Waals surface area contributed by atoms with Crippen LogP contribution in [0.3, 0.4) is 0 Å². The van der Waals surface area contributed by atoms with Gasteiger partial charge in [-0.1, -0.05) is 39.0 Å². The summed E-state index contributed by atoms with van der Waals surface area (Å²) < 4.78 is 0. The topological polar surface area (TPSA) is 15.8 Å². The molecule has 0 radical (unpaired) electrons. The third-order valence-electron chi connectivity index (χ3n) is 3.24. The van der Waals surface area contributed by atoms with Gasteiger partial charge in [-0.2, -0.15) is 0 Å². The van der Waals surface area contributed by atoms with Gasteiger partial charge in [0.2, 0.25) is 0 Å². The molecule has 1 heterocycles. The minimum absolute atomic E-state index is 0.171. The Hall–Kier alpha value is -1.24. The Kier molecular flexibility index (Phi) is 2.10. The monoisotopic (exact) mass is 187 g/mol. The first kappa shape index (κ1) is 9.32. The Bertz CT molecular complexity index is 462. The van der Waals surface area contributed by atoms with Gasteiger partial charge in [-0.15, -0.1) is 0 Å². The molecule has 1 unspecified atom stereocenters. The van der Waals surface area contributed by atoms with Crippen LogP contribution in [0.15, 0.2) is 24.4 Å². The highest BCUT2D eigenvalue weighted by Gasteiger charge is 2.22. The molecule has 0 aromatic carbocycles. The summed E-state index contributed by atoms with van der Waals surface area (Å²) in [6, 6.07) is 2.14. The Morgan fingerprint density at radius 3 is 2.86 bits per heavy atom. The SMILES string of the molecule is CC(C)C1(C)C=CC=c2[nH]ccc2=C1. The number of rotatable bonds is 1. The predicted octanol–water partition coefficient (Wildman–Crippen LogP) is 1.81. The number of fused-ring (bicyclic) bond motifs is 1. The van der Waals surface area contributed by atoms with Gasteiger partial charge in [0.25, 0.3) is 0 Å². The zero-order valence-corrected chi connectivity index (χ0v) is 9.04. The number of aromatic amines is 1. The molecule has 0 spiro atoms. The highest BCUT2D eigenvalue weighted by molar-refractivity contribution is 5.47. The molecule has 0 saturated carbocycles. The second kappa shape index (κ2) is 3.16. The van der Waals surface area contributed by atoms with Crippen molar-refractivity contribution in [3.8, 4) is 0 Å². The lowest BCUT2D eigenvalue weighted by atomic mass is 9.78. The molecule has 1 aromatic heterocycles. The normalized spacial score (nSPS) is 25.1. The Morgan fingerprint density at radius 2 is 2.14 bits per heavy atom. The summed E-state index contributed by atoms with van der Waals surface area (Å²) in [7, 11) is 0. The van der Waals surface area contributed by atoms with Crippen LogP contribution in [0.2, 0.25) is 0 Å². The van der Waals surface area contributed by atoms with E-state index in [1.165, 1.54) is 10.6 Å². The summed E-state index contributed by atoms with van der Waals surface area (Å²) >= 11 is 0. The van der Waals surface area contributed by atoms with Crippen LogP contribution in [0.5, 0.6) is 0 Å². The molecule has 1 atom stereocenters. The van der Waals surface area contributed by atoms with E-state index < -0.39 is 0 Å². The van der Waals surface area contributed by atoms with Gasteiger partial charge < -0.3 is 4.98 Å². The summed E-state index contributed by atoms with van der Waals surface area (Å²) in [6.07, 6.45) is 10.9. The van der Waals surface area contributed by atoms with Crippen molar-refractivity contribution >= 4 is 12.2 Å². The minimum atomic E-state index is 0.171. The van der Waals surface area contributed by atoms with Gasteiger partial charge in [-0.05, 0) is 23.3 Å². The van der Waals surface area contributed by atoms with Crippen molar-refractivity contribution in [3.63, 3.8) is 0 Å². The second-order valence-corrected chi connectivity index (χ2v) is 4.54. The molecule has 1 aliphatic carbocycles. The number of allylic oxidation sites excluding steroid dienone is 2. The van der Waals surface area contributed by atoms with Crippen molar-refractivity contribution in [2.24, 2.45) is 11.3 Å². The van der Waals surface area contributed by atoms with E-state index in [0.717, 1.165) is 0 Å². The highest BCUT2D eigenvalue weighted by Crippen LogP contribution is 2.30. The fourth-order valence-corrected chi connectivity index (χ4v) is 1.76. The maximum atomic E-state index is 3.24. The molecule has 1 aliphatic rings. The fraction of sp³-hybridized carbons (Fsp3) is 0.385. The number of aromatic nitrogens is 1. The summed E-state index contributed by atoms with van der Waals surface area (Å²) in [5, 5.41) is 2.52. The average molecular weight is 187 g/mol. The van der Waals surface area contributed by atoms with Gasteiger partial charge >= 0.3 is 0 Å². The average Bonchev–Trinajstić information content (AvgIpc) is 2.46. The summed E-state index contributed by atoms with van der Waals surface area (Å²) in [5.74, 6) is 0.619. The molecular formula is C13H17N. The van der Waals surface area contributed by atoms with Gasteiger partial charge in [0, 0.05) is 17.0 Å². The largest absolute Gasteiger partial charge is 0.361 e. The van der Waals surface area contributed by atoms with Gasteiger partial charge in [0.15, 0.2) is 0 Å². The quantitative estimate of drug-likeness (QED) is 0.690. The van der Waals surface area contributed by atoms with Crippen LogP contribution in [0.25, 0.3) is 12.2 Å². The lowest BCUT2D eigenvalue weighted by molar-refractivity contribution is 0.409. The van der Waals surface area contributed by atoms with E-state index in [9.17, 15) is 0 Å². The molecule has 14 heavy (non-hydrogen) atoms. The molecule has 1 nitrogen and oxygen atoms in total. The van der Waals surface area contributed by atoms with Gasteiger partial charge in [-0.25, -0.2) is 0 Å². The van der Waals surface area contributed by atoms with E-state index in [-0.39, 0.29) is 5.41 Å². The third-order valence-corrected chi connectivity index (χ3v) is 3.24. The Labute approximate surface area is 84.9 Å². The van der Waals surface area contributed by atoms with Crippen molar-refractivity contribution in [1.82, 2.24) is 4.98 Å². The lowest BCUT2D eigenvalue weighted by Crippen LogP contribution is -2.26. The van der Waals surface area contributed by atoms with Crippen molar-refractivity contribution < 1.29 is 0 Å². The summed E-state index contributed by atoms with van der Waals surface area (Å²) in [5.41, 5.74) is 0.171. The number of H-pyrrole nitrogens is 1. The Morgan fingerprint density at radius 1 is 1.36 bits per heavy atom. The molecule has 2 rings (SSSR count). The van der Waals surface area contributed by atoms with Crippen LogP contribution in [0.1, 0.15) is 20.8 Å². The first-order valence-electron chi connectivity index (χ1n) is 5.18. The van der Waals surface area contributed by atoms with Crippen molar-refractivity contribution in [3.05, 3.63) is 35.0 Å². The first-order valence-corrected chi connectivity index (χ1v) is 5.18. The molecule has 0 aliphatic heterocycles. The third kappa shape index (κ3) is 1.43. The van der Waals surface area contributed by atoms with Crippen molar-refractivity contribution in [2.75, 3.05) is 0 Å². The molecular weight excluding hydrogens is 170 g/mol. The summed E-state index contributed by atoms with van der Waals surface area (Å²) in [4.78, 5) is 3.24. The van der Waals surface area contributed by atoms with Crippen LogP contribution >= 0.6 is 0 Å². The molecule has 1 aromatic rings. The van der Waals surface area contributed by atoms with Crippen LogP contribution in [0.4, 0.5) is 0 Å². The van der Waals surface area contributed by atoms with Gasteiger partial charge in [-0.3, -0.25) is 0 Å². The smallest absolute Gasteiger partial charge is 0.0450 e. The van der Waals surface area contributed by atoms with Gasteiger partial charge in [0.1, 0.15) is 0 Å². The molecule has 0 amide bonds. The van der Waals surface area contributed by atoms with Crippen LogP contribution < -0.4 is 10.6 Å². The van der Waals surface area contributed by atoms with Crippen molar-refractivity contribution in [1.29, 1.82) is 0 Å². The van der Waals surface area contributed by atoms with E-state index >= 15 is 0 Å². The molecule has 0 fully saturated rings. The van der Waals surface area contributed by atoms with E-state index in [1.807, 2.05) is 6.20 Å². The van der Waals surface area contributed by atoms with Crippen LogP contribution in [-0.4, -0.2) is 4.98 Å². The summed E-state index contributed by atoms with van der Waals surface area (Å²) in [6.45, 7) is 6.81. The number of hydrogen-bond acceptors (Lipinski definition) is 0. The van der Waals surface area contributed by atoms with E-state index in [0.29, 0.717) is 5.92 Å². The first-order chi connectivity index (χ1) is 6.62. The molecule has 0 bridgehead atoms. The molecule has 1 N–H and O–H groups in total. The molecule has 0 saturated heterocycles. The van der Waals surface area contributed by atoms with E-state index in [2.05, 4.69) is 56.1 Å². The Balaban J connectivity index is 2.64. The zero-order valence-electron chi connectivity index (χ0n) is 9.04. The lowest BCUT2D eigenvalue weighted by Gasteiger charge is -2.26. The maximum Gasteiger partial charge on any atom is 0.0450 e. The van der Waals surface area contributed by atoms with Crippen molar-refractivity contribution in [2.45, 2.75) is 20.8 Å². The standard InChI is InChI=1S/C13H17N/c1-10(2)13(3)7-4-5-12-11(9-13)6-8-14-12/h4-10,14H,1-3H3. The highest BCUT2D eigenvalue weighted by atomic mass is 14.6. The number of hydrogen-bond donors (Lipinski definition) is 1. The minimum Gasteiger partial charge on any atom is -0.361 e. The van der Waals surface area contributed by atoms with Crippen LogP contribution in [-0.2, 0) is 0 Å². The number of nitrogens with one attached hydrogen (secondary N) is 1. The second-order valence-electron chi connectivity index (χ2n) is 4.54. The fourth-order valence-electron chi connectivity index (χ4n) is 1.76. The molecule has 1 heteroatoms.